The molecule has 0 aromatic carbocycles. The van der Waals surface area contributed by atoms with Crippen LogP contribution in [0.25, 0.3) is 0 Å². The van der Waals surface area contributed by atoms with Gasteiger partial charge in [-0.3, -0.25) is 4.79 Å². The summed E-state index contributed by atoms with van der Waals surface area (Å²) in [7, 11) is 0. The molecular formula is C17H28N2OS. The van der Waals surface area contributed by atoms with Crippen molar-refractivity contribution in [3.8, 4) is 0 Å². The summed E-state index contributed by atoms with van der Waals surface area (Å²) in [6.07, 6.45) is 8.80. The standard InChI is InChI=1S/C17H28N2OS/c1-4-6-7-8-9-10-11-17(20)19-18-14(3)16-13-12-15(5-2)21-16/h12-13H,4-11H2,1-3H3,(H,19,20). The zero-order valence-electron chi connectivity index (χ0n) is 13.6. The molecule has 0 radical (unpaired) electrons. The Hall–Kier alpha value is -1.16. The molecule has 1 amide bonds. The van der Waals surface area contributed by atoms with Gasteiger partial charge in [0.05, 0.1) is 10.6 Å². The van der Waals surface area contributed by atoms with E-state index in [1.54, 1.807) is 11.3 Å². The van der Waals surface area contributed by atoms with Gasteiger partial charge in [0, 0.05) is 11.3 Å². The summed E-state index contributed by atoms with van der Waals surface area (Å²) in [5.41, 5.74) is 3.55. The van der Waals surface area contributed by atoms with Crippen molar-refractivity contribution < 1.29 is 4.79 Å². The van der Waals surface area contributed by atoms with Gasteiger partial charge >= 0.3 is 0 Å². The molecule has 4 heteroatoms. The molecule has 0 saturated heterocycles. The summed E-state index contributed by atoms with van der Waals surface area (Å²) in [6.45, 7) is 6.30. The van der Waals surface area contributed by atoms with Crippen LogP contribution in [-0.2, 0) is 11.2 Å². The first-order chi connectivity index (χ1) is 10.2. The van der Waals surface area contributed by atoms with Crippen LogP contribution in [0.1, 0.15) is 75.5 Å². The van der Waals surface area contributed by atoms with Crippen LogP contribution in [0.3, 0.4) is 0 Å². The monoisotopic (exact) mass is 308 g/mol. The average molecular weight is 308 g/mol. The predicted octanol–water partition coefficient (Wildman–Crippen LogP) is 4.90. The molecule has 0 aliphatic carbocycles. The minimum absolute atomic E-state index is 0.0251. The van der Waals surface area contributed by atoms with Crippen LogP contribution in [0.5, 0.6) is 0 Å². The number of carbonyl (C=O) groups is 1. The fourth-order valence-electron chi connectivity index (χ4n) is 2.09. The van der Waals surface area contributed by atoms with E-state index in [1.807, 2.05) is 6.92 Å². The van der Waals surface area contributed by atoms with Crippen LogP contribution in [0.2, 0.25) is 0 Å². The van der Waals surface area contributed by atoms with Gasteiger partial charge in [-0.25, -0.2) is 5.43 Å². The lowest BCUT2D eigenvalue weighted by Crippen LogP contribution is -2.18. The van der Waals surface area contributed by atoms with Crippen LogP contribution >= 0.6 is 11.3 Å². The molecule has 1 N–H and O–H groups in total. The number of hydrogen-bond acceptors (Lipinski definition) is 3. The number of aryl methyl sites for hydroxylation is 1. The van der Waals surface area contributed by atoms with Gasteiger partial charge < -0.3 is 0 Å². The van der Waals surface area contributed by atoms with Gasteiger partial charge in [0.15, 0.2) is 0 Å². The lowest BCUT2D eigenvalue weighted by Gasteiger charge is -2.02. The van der Waals surface area contributed by atoms with E-state index in [9.17, 15) is 4.79 Å². The molecule has 0 aliphatic rings. The summed E-state index contributed by atoms with van der Waals surface area (Å²) >= 11 is 1.74. The second-order valence-corrected chi connectivity index (χ2v) is 6.54. The van der Waals surface area contributed by atoms with E-state index < -0.39 is 0 Å². The van der Waals surface area contributed by atoms with Crippen molar-refractivity contribution in [1.82, 2.24) is 5.43 Å². The van der Waals surface area contributed by atoms with Crippen molar-refractivity contribution in [2.45, 2.75) is 72.1 Å². The molecule has 3 nitrogen and oxygen atoms in total. The Morgan fingerprint density at radius 2 is 1.86 bits per heavy atom. The minimum Gasteiger partial charge on any atom is -0.273 e. The smallest absolute Gasteiger partial charge is 0.240 e. The maximum atomic E-state index is 11.7. The van der Waals surface area contributed by atoms with E-state index in [2.05, 4.69) is 36.5 Å². The van der Waals surface area contributed by atoms with Crippen molar-refractivity contribution in [2.75, 3.05) is 0 Å². The van der Waals surface area contributed by atoms with E-state index in [1.165, 1.54) is 30.6 Å². The first-order valence-corrected chi connectivity index (χ1v) is 8.91. The van der Waals surface area contributed by atoms with E-state index in [0.29, 0.717) is 6.42 Å². The summed E-state index contributed by atoms with van der Waals surface area (Å²) in [4.78, 5) is 14.2. The highest BCUT2D eigenvalue weighted by Crippen LogP contribution is 2.17. The lowest BCUT2D eigenvalue weighted by molar-refractivity contribution is -0.121. The van der Waals surface area contributed by atoms with Crippen molar-refractivity contribution in [3.63, 3.8) is 0 Å². The molecule has 21 heavy (non-hydrogen) atoms. The Kier molecular flexibility index (Phi) is 8.99. The number of nitrogens with zero attached hydrogens (tertiary/aromatic N) is 1. The number of nitrogens with one attached hydrogen (secondary N) is 1. The quantitative estimate of drug-likeness (QED) is 0.373. The number of hydrogen-bond donors (Lipinski definition) is 1. The number of amides is 1. The Balaban J connectivity index is 2.23. The lowest BCUT2D eigenvalue weighted by atomic mass is 10.1. The third-order valence-electron chi connectivity index (χ3n) is 3.47. The highest BCUT2D eigenvalue weighted by Gasteiger charge is 2.04. The number of carbonyl (C=O) groups excluding carboxylic acids is 1. The fourth-order valence-corrected chi connectivity index (χ4v) is 2.98. The first kappa shape index (κ1) is 17.9. The number of hydrazone groups is 1. The van der Waals surface area contributed by atoms with Gasteiger partial charge in [0.1, 0.15) is 0 Å². The van der Waals surface area contributed by atoms with Crippen LogP contribution in [-0.4, -0.2) is 11.6 Å². The van der Waals surface area contributed by atoms with Gasteiger partial charge in [-0.1, -0.05) is 46.0 Å². The van der Waals surface area contributed by atoms with Crippen LogP contribution in [0.4, 0.5) is 0 Å². The zero-order chi connectivity index (χ0) is 15.5. The Morgan fingerprint density at radius 1 is 1.14 bits per heavy atom. The molecule has 0 aliphatic heterocycles. The van der Waals surface area contributed by atoms with Crippen molar-refractivity contribution in [1.29, 1.82) is 0 Å². The van der Waals surface area contributed by atoms with Crippen LogP contribution < -0.4 is 5.43 Å². The Morgan fingerprint density at radius 3 is 2.52 bits per heavy atom. The molecule has 1 rings (SSSR count). The van der Waals surface area contributed by atoms with Crippen molar-refractivity contribution >= 4 is 23.0 Å². The van der Waals surface area contributed by atoms with Gasteiger partial charge in [-0.05, 0) is 31.9 Å². The second kappa shape index (κ2) is 10.6. The highest BCUT2D eigenvalue weighted by atomic mass is 32.1. The van der Waals surface area contributed by atoms with Gasteiger partial charge in [0.2, 0.25) is 5.91 Å². The normalized spacial score (nSPS) is 11.7. The average Bonchev–Trinajstić information content (AvgIpc) is 2.97. The number of rotatable bonds is 10. The SMILES string of the molecule is CCCCCCCCC(=O)NN=C(C)c1ccc(CC)s1. The Bertz CT molecular complexity index is 451. The predicted molar refractivity (Wildman–Crippen MR) is 92.0 cm³/mol. The maximum Gasteiger partial charge on any atom is 0.240 e. The van der Waals surface area contributed by atoms with E-state index in [0.717, 1.165) is 29.9 Å². The zero-order valence-corrected chi connectivity index (χ0v) is 14.4. The molecule has 0 spiro atoms. The Labute approximate surface area is 132 Å². The van der Waals surface area contributed by atoms with Crippen LogP contribution in [0.15, 0.2) is 17.2 Å². The summed E-state index contributed by atoms with van der Waals surface area (Å²) < 4.78 is 0. The highest BCUT2D eigenvalue weighted by molar-refractivity contribution is 7.14. The molecule has 1 heterocycles. The van der Waals surface area contributed by atoms with E-state index >= 15 is 0 Å². The number of thiophene rings is 1. The molecule has 0 bridgehead atoms. The van der Waals surface area contributed by atoms with Crippen LogP contribution in [0, 0.1) is 0 Å². The molecule has 0 saturated carbocycles. The van der Waals surface area contributed by atoms with Gasteiger partial charge in [-0.2, -0.15) is 5.10 Å². The molecule has 0 unspecified atom stereocenters. The van der Waals surface area contributed by atoms with Gasteiger partial charge in [-0.15, -0.1) is 11.3 Å². The molecular weight excluding hydrogens is 280 g/mol. The summed E-state index contributed by atoms with van der Waals surface area (Å²) in [5, 5.41) is 4.20. The molecule has 0 fully saturated rings. The minimum atomic E-state index is 0.0251. The van der Waals surface area contributed by atoms with Gasteiger partial charge in [0.25, 0.3) is 0 Å². The third kappa shape index (κ3) is 7.42. The van der Waals surface area contributed by atoms with Crippen molar-refractivity contribution in [3.05, 3.63) is 21.9 Å². The van der Waals surface area contributed by atoms with E-state index in [-0.39, 0.29) is 5.91 Å². The topological polar surface area (TPSA) is 41.5 Å². The molecule has 0 atom stereocenters. The third-order valence-corrected chi connectivity index (χ3v) is 4.81. The fraction of sp³-hybridized carbons (Fsp3) is 0.647. The second-order valence-electron chi connectivity index (χ2n) is 5.37. The van der Waals surface area contributed by atoms with E-state index in [4.69, 9.17) is 0 Å². The largest absolute Gasteiger partial charge is 0.273 e. The summed E-state index contributed by atoms with van der Waals surface area (Å²) in [5.74, 6) is 0.0251. The van der Waals surface area contributed by atoms with Crippen molar-refractivity contribution in [2.24, 2.45) is 5.10 Å². The molecule has 118 valence electrons. The maximum absolute atomic E-state index is 11.7. The summed E-state index contributed by atoms with van der Waals surface area (Å²) in [6, 6.07) is 4.19. The first-order valence-electron chi connectivity index (χ1n) is 8.09. The molecule has 1 aromatic rings. The molecule has 1 aromatic heterocycles. The number of unbranched alkanes of at least 4 members (excludes halogenated alkanes) is 5.